The Morgan fingerprint density at radius 3 is 2.82 bits per heavy atom. The Morgan fingerprint density at radius 2 is 2.09 bits per heavy atom. The molecule has 0 aliphatic heterocycles. The van der Waals surface area contributed by atoms with Crippen LogP contribution in [0, 0.1) is 0 Å². The Kier molecular flexibility index (Phi) is 6.39. The van der Waals surface area contributed by atoms with Crippen LogP contribution in [0.15, 0.2) is 45.9 Å². The number of nitrogens with one attached hydrogen (secondary N) is 2. The molecule has 1 aromatic heterocycles. The molecule has 0 unspecified atom stereocenters. The third-order valence-electron chi connectivity index (χ3n) is 2.71. The van der Waals surface area contributed by atoms with Crippen LogP contribution in [0.1, 0.15) is 5.76 Å². The predicted molar refractivity (Wildman–Crippen MR) is 92.4 cm³/mol. The highest BCUT2D eigenvalue weighted by atomic mass is 35.5. The number of furan rings is 1. The van der Waals surface area contributed by atoms with Crippen molar-refractivity contribution in [1.82, 2.24) is 10.7 Å². The fourth-order valence-electron chi connectivity index (χ4n) is 1.65. The van der Waals surface area contributed by atoms with Crippen molar-refractivity contribution in [2.24, 2.45) is 5.10 Å². The summed E-state index contributed by atoms with van der Waals surface area (Å²) in [7, 11) is 1.63. The number of rotatable bonds is 6. The Balaban J connectivity index is 1.87. The van der Waals surface area contributed by atoms with Gasteiger partial charge in [-0.05, 0) is 48.6 Å². The summed E-state index contributed by atoms with van der Waals surface area (Å²) in [5, 5.41) is 8.07. The second kappa shape index (κ2) is 8.53. The summed E-state index contributed by atoms with van der Waals surface area (Å²) in [6, 6.07) is 11.1. The van der Waals surface area contributed by atoms with E-state index in [0.717, 1.165) is 11.3 Å². The zero-order chi connectivity index (χ0) is 15.8. The number of benzene rings is 1. The molecule has 0 radical (unpaired) electrons. The summed E-state index contributed by atoms with van der Waals surface area (Å²) in [4.78, 5) is 0. The molecule has 7 heteroatoms. The molecule has 0 aliphatic carbocycles. The average Bonchev–Trinajstić information content (AvgIpc) is 2.97. The summed E-state index contributed by atoms with van der Waals surface area (Å²) in [6.07, 6.45) is 1.56. The summed E-state index contributed by atoms with van der Waals surface area (Å²) in [5.74, 6) is 1.37. The van der Waals surface area contributed by atoms with Gasteiger partial charge in [-0.1, -0.05) is 11.6 Å². The molecule has 116 valence electrons. The molecule has 5 nitrogen and oxygen atoms in total. The van der Waals surface area contributed by atoms with Crippen molar-refractivity contribution in [3.63, 3.8) is 0 Å². The maximum atomic E-state index is 5.86. The number of nitrogens with zero attached hydrogens (tertiary/aromatic N) is 1. The number of hydrogen-bond donors (Lipinski definition) is 2. The van der Waals surface area contributed by atoms with Crippen LogP contribution in [0.3, 0.4) is 0 Å². The van der Waals surface area contributed by atoms with Crippen molar-refractivity contribution in [1.29, 1.82) is 0 Å². The van der Waals surface area contributed by atoms with Gasteiger partial charge in [-0.2, -0.15) is 5.10 Å². The Morgan fingerprint density at radius 1 is 1.32 bits per heavy atom. The standard InChI is InChI=1S/C15H16ClN3O2S/c1-20-9-8-17-15(22)19-18-10-13-6-7-14(21-13)11-2-4-12(16)5-3-11/h2-7,10H,8-9H2,1H3,(H2,17,19,22)/b18-10+. The van der Waals surface area contributed by atoms with Gasteiger partial charge in [0.05, 0.1) is 12.8 Å². The monoisotopic (exact) mass is 337 g/mol. The van der Waals surface area contributed by atoms with E-state index in [1.165, 1.54) is 0 Å². The largest absolute Gasteiger partial charge is 0.455 e. The molecular formula is C15H16ClN3O2S. The summed E-state index contributed by atoms with van der Waals surface area (Å²) >= 11 is 10.9. The summed E-state index contributed by atoms with van der Waals surface area (Å²) in [5.41, 5.74) is 3.66. The first-order valence-corrected chi connectivity index (χ1v) is 7.39. The van der Waals surface area contributed by atoms with Crippen LogP contribution in [0.5, 0.6) is 0 Å². The van der Waals surface area contributed by atoms with E-state index in [-0.39, 0.29) is 0 Å². The maximum Gasteiger partial charge on any atom is 0.187 e. The zero-order valence-electron chi connectivity index (χ0n) is 12.0. The van der Waals surface area contributed by atoms with Crippen molar-refractivity contribution in [2.75, 3.05) is 20.3 Å². The second-order valence-electron chi connectivity index (χ2n) is 4.33. The van der Waals surface area contributed by atoms with Crippen LogP contribution in [-0.2, 0) is 4.74 Å². The van der Waals surface area contributed by atoms with Gasteiger partial charge in [0.15, 0.2) is 5.11 Å². The summed E-state index contributed by atoms with van der Waals surface area (Å²) in [6.45, 7) is 1.20. The topological polar surface area (TPSA) is 58.8 Å². The van der Waals surface area contributed by atoms with E-state index in [0.29, 0.717) is 29.0 Å². The van der Waals surface area contributed by atoms with E-state index in [4.69, 9.17) is 33.0 Å². The average molecular weight is 338 g/mol. The highest BCUT2D eigenvalue weighted by Crippen LogP contribution is 2.23. The first-order chi connectivity index (χ1) is 10.7. The van der Waals surface area contributed by atoms with Gasteiger partial charge in [-0.25, -0.2) is 0 Å². The molecule has 0 fully saturated rings. The van der Waals surface area contributed by atoms with Gasteiger partial charge in [0.25, 0.3) is 0 Å². The van der Waals surface area contributed by atoms with Gasteiger partial charge in [-0.3, -0.25) is 5.43 Å². The third kappa shape index (κ3) is 5.14. The fourth-order valence-corrected chi connectivity index (χ4v) is 1.93. The minimum atomic E-state index is 0.429. The van der Waals surface area contributed by atoms with E-state index < -0.39 is 0 Å². The molecule has 0 aliphatic rings. The van der Waals surface area contributed by atoms with Crippen molar-refractivity contribution in [2.45, 2.75) is 0 Å². The van der Waals surface area contributed by atoms with Crippen molar-refractivity contribution < 1.29 is 9.15 Å². The molecule has 0 spiro atoms. The number of thiocarbonyl (C=S) groups is 1. The SMILES string of the molecule is COCCNC(=S)N/N=C/c1ccc(-c2ccc(Cl)cc2)o1. The van der Waals surface area contributed by atoms with Crippen LogP contribution in [0.25, 0.3) is 11.3 Å². The number of halogens is 1. The van der Waals surface area contributed by atoms with Gasteiger partial charge >= 0.3 is 0 Å². The van der Waals surface area contributed by atoms with Crippen LogP contribution in [-0.4, -0.2) is 31.6 Å². The van der Waals surface area contributed by atoms with Crippen LogP contribution < -0.4 is 10.7 Å². The molecule has 0 bridgehead atoms. The molecule has 2 aromatic rings. The molecule has 2 rings (SSSR count). The van der Waals surface area contributed by atoms with Crippen molar-refractivity contribution in [3.05, 3.63) is 47.2 Å². The minimum Gasteiger partial charge on any atom is -0.455 e. The van der Waals surface area contributed by atoms with Gasteiger partial charge in [0.2, 0.25) is 0 Å². The van der Waals surface area contributed by atoms with Crippen LogP contribution in [0.4, 0.5) is 0 Å². The molecule has 2 N–H and O–H groups in total. The van der Waals surface area contributed by atoms with Gasteiger partial charge < -0.3 is 14.5 Å². The molecule has 0 amide bonds. The molecule has 0 saturated heterocycles. The van der Waals surface area contributed by atoms with E-state index in [1.807, 2.05) is 36.4 Å². The van der Waals surface area contributed by atoms with E-state index >= 15 is 0 Å². The lowest BCUT2D eigenvalue weighted by Crippen LogP contribution is -2.34. The van der Waals surface area contributed by atoms with Crippen molar-refractivity contribution >= 4 is 35.1 Å². The molecule has 1 aromatic carbocycles. The second-order valence-corrected chi connectivity index (χ2v) is 5.17. The number of ether oxygens (including phenoxy) is 1. The quantitative estimate of drug-likeness (QED) is 0.367. The Hall–Kier alpha value is -1.89. The zero-order valence-corrected chi connectivity index (χ0v) is 13.6. The molecule has 22 heavy (non-hydrogen) atoms. The first kappa shape index (κ1) is 16.5. The fraction of sp³-hybridized carbons (Fsp3) is 0.200. The van der Waals surface area contributed by atoms with Crippen LogP contribution in [0.2, 0.25) is 5.02 Å². The molecular weight excluding hydrogens is 322 g/mol. The third-order valence-corrected chi connectivity index (χ3v) is 3.19. The number of hydrazone groups is 1. The Labute approximate surface area is 139 Å². The minimum absolute atomic E-state index is 0.429. The first-order valence-electron chi connectivity index (χ1n) is 6.60. The highest BCUT2D eigenvalue weighted by Gasteiger charge is 2.03. The normalized spacial score (nSPS) is 10.8. The van der Waals surface area contributed by atoms with E-state index in [2.05, 4.69) is 15.8 Å². The molecule has 1 heterocycles. The van der Waals surface area contributed by atoms with E-state index in [9.17, 15) is 0 Å². The highest BCUT2D eigenvalue weighted by molar-refractivity contribution is 7.80. The van der Waals surface area contributed by atoms with Gasteiger partial charge in [-0.15, -0.1) is 0 Å². The number of hydrogen-bond acceptors (Lipinski definition) is 4. The van der Waals surface area contributed by atoms with Crippen LogP contribution >= 0.6 is 23.8 Å². The van der Waals surface area contributed by atoms with Gasteiger partial charge in [0.1, 0.15) is 11.5 Å². The maximum absolute atomic E-state index is 5.86. The predicted octanol–water partition coefficient (Wildman–Crippen LogP) is 3.04. The van der Waals surface area contributed by atoms with Gasteiger partial charge in [0, 0.05) is 24.2 Å². The number of methoxy groups -OCH3 is 1. The van der Waals surface area contributed by atoms with Crippen molar-refractivity contribution in [3.8, 4) is 11.3 Å². The smallest absolute Gasteiger partial charge is 0.187 e. The lowest BCUT2D eigenvalue weighted by molar-refractivity contribution is 0.204. The summed E-state index contributed by atoms with van der Waals surface area (Å²) < 4.78 is 10.6. The lowest BCUT2D eigenvalue weighted by Gasteiger charge is -2.05. The van der Waals surface area contributed by atoms with E-state index in [1.54, 1.807) is 13.3 Å². The molecule has 0 atom stereocenters. The Bertz CT molecular complexity index is 640. The lowest BCUT2D eigenvalue weighted by atomic mass is 10.2. The molecule has 0 saturated carbocycles.